The van der Waals surface area contributed by atoms with Gasteiger partial charge in [0.1, 0.15) is 0 Å². The van der Waals surface area contributed by atoms with Crippen LogP contribution < -0.4 is 5.73 Å². The lowest BCUT2D eigenvalue weighted by Crippen LogP contribution is -2.39. The minimum absolute atomic E-state index is 0.431. The van der Waals surface area contributed by atoms with E-state index in [0.717, 1.165) is 0 Å². The first-order valence-corrected chi connectivity index (χ1v) is 3.64. The lowest BCUT2D eigenvalue weighted by Gasteiger charge is -2.22. The summed E-state index contributed by atoms with van der Waals surface area (Å²) < 4.78 is 0. The van der Waals surface area contributed by atoms with Crippen molar-refractivity contribution in [3.8, 4) is 0 Å². The normalized spacial score (nSPS) is 36.0. The van der Waals surface area contributed by atoms with Crippen molar-refractivity contribution in [2.75, 3.05) is 14.1 Å². The molecule has 0 saturated heterocycles. The van der Waals surface area contributed by atoms with E-state index in [-0.39, 0.29) is 0 Å². The molecule has 0 aromatic rings. The largest absolute Gasteiger partial charge is 0.326 e. The Balaban J connectivity index is 2.40. The van der Waals surface area contributed by atoms with Crippen LogP contribution in [0.25, 0.3) is 0 Å². The van der Waals surface area contributed by atoms with Gasteiger partial charge in [-0.3, -0.25) is 0 Å². The van der Waals surface area contributed by atoms with Crippen molar-refractivity contribution in [3.05, 3.63) is 0 Å². The Bertz CT molecular complexity index is 90.9. The minimum Gasteiger partial charge on any atom is -0.326 e. The van der Waals surface area contributed by atoms with E-state index in [2.05, 4.69) is 19.0 Å². The highest BCUT2D eigenvalue weighted by atomic mass is 15.1. The molecule has 1 aliphatic carbocycles. The van der Waals surface area contributed by atoms with Gasteiger partial charge in [0, 0.05) is 12.1 Å². The van der Waals surface area contributed by atoms with E-state index >= 15 is 0 Å². The molecule has 54 valence electrons. The van der Waals surface area contributed by atoms with Gasteiger partial charge in [0.05, 0.1) is 0 Å². The molecule has 2 nitrogen and oxygen atoms in total. The first-order valence-electron chi connectivity index (χ1n) is 3.64. The second kappa shape index (κ2) is 2.67. The van der Waals surface area contributed by atoms with Crippen molar-refractivity contribution < 1.29 is 0 Å². The summed E-state index contributed by atoms with van der Waals surface area (Å²) in [6.45, 7) is 0. The van der Waals surface area contributed by atoms with Gasteiger partial charge in [-0.2, -0.15) is 0 Å². The smallest absolute Gasteiger partial charge is 0.0241 e. The molecular formula is C7H16N2. The van der Waals surface area contributed by atoms with E-state index in [1.165, 1.54) is 19.3 Å². The van der Waals surface area contributed by atoms with Crippen LogP contribution in [0.1, 0.15) is 19.3 Å². The number of nitrogens with two attached hydrogens (primary N) is 1. The molecule has 0 aliphatic heterocycles. The molecule has 0 aromatic carbocycles. The Morgan fingerprint density at radius 2 is 2.00 bits per heavy atom. The molecule has 1 unspecified atom stereocenters. The molecule has 0 radical (unpaired) electrons. The van der Waals surface area contributed by atoms with Crippen LogP contribution in [0.4, 0.5) is 0 Å². The number of rotatable bonds is 1. The first kappa shape index (κ1) is 7.03. The zero-order chi connectivity index (χ0) is 6.85. The van der Waals surface area contributed by atoms with Crippen LogP contribution in [-0.4, -0.2) is 31.1 Å². The van der Waals surface area contributed by atoms with Gasteiger partial charge < -0.3 is 10.6 Å². The van der Waals surface area contributed by atoms with Crippen molar-refractivity contribution in [2.24, 2.45) is 5.73 Å². The van der Waals surface area contributed by atoms with Gasteiger partial charge in [0.15, 0.2) is 0 Å². The Hall–Kier alpha value is -0.0800. The minimum atomic E-state index is 0.431. The Morgan fingerprint density at radius 1 is 1.33 bits per heavy atom. The molecule has 0 spiro atoms. The quantitative estimate of drug-likeness (QED) is 0.555. The Kier molecular flexibility index (Phi) is 2.09. The number of nitrogens with zero attached hydrogens (tertiary/aromatic N) is 1. The highest BCUT2D eigenvalue weighted by molar-refractivity contribution is 4.85. The van der Waals surface area contributed by atoms with E-state index in [1.54, 1.807) is 0 Å². The maximum atomic E-state index is 5.84. The second-order valence-corrected chi connectivity index (χ2v) is 3.13. The van der Waals surface area contributed by atoms with Gasteiger partial charge >= 0.3 is 0 Å². The lowest BCUT2D eigenvalue weighted by atomic mass is 10.2. The maximum Gasteiger partial charge on any atom is 0.0241 e. The van der Waals surface area contributed by atoms with E-state index in [4.69, 9.17) is 5.73 Å². The highest BCUT2D eigenvalue weighted by Gasteiger charge is 2.24. The maximum absolute atomic E-state index is 5.84. The predicted molar refractivity (Wildman–Crippen MR) is 39.3 cm³/mol. The number of likely N-dealkylation sites (N-methyl/N-ethyl adjacent to an activating group) is 1. The van der Waals surface area contributed by atoms with E-state index in [9.17, 15) is 0 Å². The molecular weight excluding hydrogens is 112 g/mol. The van der Waals surface area contributed by atoms with E-state index < -0.39 is 0 Å². The molecule has 1 saturated carbocycles. The molecule has 1 fully saturated rings. The zero-order valence-electron chi connectivity index (χ0n) is 6.30. The monoisotopic (exact) mass is 128 g/mol. The molecule has 0 aromatic heterocycles. The molecule has 1 rings (SSSR count). The molecule has 2 atom stereocenters. The van der Waals surface area contributed by atoms with Gasteiger partial charge in [-0.05, 0) is 26.9 Å². The van der Waals surface area contributed by atoms with Crippen LogP contribution >= 0.6 is 0 Å². The van der Waals surface area contributed by atoms with Crippen LogP contribution in [0, 0.1) is 0 Å². The Labute approximate surface area is 57.0 Å². The van der Waals surface area contributed by atoms with E-state index in [0.29, 0.717) is 12.1 Å². The third kappa shape index (κ3) is 1.43. The summed E-state index contributed by atoms with van der Waals surface area (Å²) >= 11 is 0. The summed E-state index contributed by atoms with van der Waals surface area (Å²) in [5.41, 5.74) is 5.84. The molecule has 0 amide bonds. The van der Waals surface area contributed by atoms with Gasteiger partial charge in [-0.1, -0.05) is 6.42 Å². The lowest BCUT2D eigenvalue weighted by molar-refractivity contribution is 0.277. The summed E-state index contributed by atoms with van der Waals surface area (Å²) in [5.74, 6) is 0. The highest BCUT2D eigenvalue weighted by Crippen LogP contribution is 2.20. The van der Waals surface area contributed by atoms with Gasteiger partial charge in [-0.25, -0.2) is 0 Å². The molecule has 9 heavy (non-hydrogen) atoms. The fourth-order valence-corrected chi connectivity index (χ4v) is 1.61. The average molecular weight is 128 g/mol. The first-order chi connectivity index (χ1) is 4.22. The van der Waals surface area contributed by atoms with E-state index in [1.807, 2.05) is 0 Å². The average Bonchev–Trinajstić information content (AvgIpc) is 2.13. The van der Waals surface area contributed by atoms with Crippen molar-refractivity contribution in [1.29, 1.82) is 0 Å². The summed E-state index contributed by atoms with van der Waals surface area (Å²) in [6.07, 6.45) is 3.81. The van der Waals surface area contributed by atoms with Crippen LogP contribution in [-0.2, 0) is 0 Å². The molecule has 0 heterocycles. The topological polar surface area (TPSA) is 29.3 Å². The third-order valence-corrected chi connectivity index (χ3v) is 2.19. The summed E-state index contributed by atoms with van der Waals surface area (Å²) in [6, 6.07) is 1.07. The second-order valence-electron chi connectivity index (χ2n) is 3.13. The van der Waals surface area contributed by atoms with Crippen LogP contribution in [0.15, 0.2) is 0 Å². The van der Waals surface area contributed by atoms with Crippen LogP contribution in [0.2, 0.25) is 0 Å². The van der Waals surface area contributed by atoms with Crippen molar-refractivity contribution >= 4 is 0 Å². The van der Waals surface area contributed by atoms with Crippen molar-refractivity contribution in [1.82, 2.24) is 4.90 Å². The zero-order valence-corrected chi connectivity index (χ0v) is 6.30. The van der Waals surface area contributed by atoms with Gasteiger partial charge in [0.25, 0.3) is 0 Å². The third-order valence-electron chi connectivity index (χ3n) is 2.19. The summed E-state index contributed by atoms with van der Waals surface area (Å²) in [7, 11) is 4.21. The fraction of sp³-hybridized carbons (Fsp3) is 1.00. The summed E-state index contributed by atoms with van der Waals surface area (Å²) in [5, 5.41) is 0. The number of hydrogen-bond acceptors (Lipinski definition) is 2. The SMILES string of the molecule is CN(C)C1CCC[C@H]1N. The predicted octanol–water partition coefficient (Wildman–Crippen LogP) is 0.428. The Morgan fingerprint density at radius 3 is 2.22 bits per heavy atom. The van der Waals surface area contributed by atoms with Gasteiger partial charge in [-0.15, -0.1) is 0 Å². The fourth-order valence-electron chi connectivity index (χ4n) is 1.61. The molecule has 2 heteroatoms. The van der Waals surface area contributed by atoms with Crippen molar-refractivity contribution in [2.45, 2.75) is 31.3 Å². The summed E-state index contributed by atoms with van der Waals surface area (Å²) in [4.78, 5) is 2.23. The number of hydrogen-bond donors (Lipinski definition) is 1. The standard InChI is InChI=1S/C7H16N2/c1-9(2)7-5-3-4-6(7)8/h6-7H,3-5,8H2,1-2H3/t6-,7?/m1/s1. The van der Waals surface area contributed by atoms with Crippen molar-refractivity contribution in [3.63, 3.8) is 0 Å². The molecule has 1 aliphatic rings. The van der Waals surface area contributed by atoms with Gasteiger partial charge in [0.2, 0.25) is 0 Å². The molecule has 2 N–H and O–H groups in total. The molecule has 0 bridgehead atoms. The van der Waals surface area contributed by atoms with Crippen LogP contribution in [0.5, 0.6) is 0 Å². The van der Waals surface area contributed by atoms with Crippen LogP contribution in [0.3, 0.4) is 0 Å².